The molecule has 4 nitrogen and oxygen atoms in total. The second-order valence-corrected chi connectivity index (χ2v) is 5.49. The summed E-state index contributed by atoms with van der Waals surface area (Å²) in [7, 11) is 0. The first-order chi connectivity index (χ1) is 9.28. The molecule has 0 aliphatic rings. The molecular weight excluding hydrogens is 256 g/mol. The lowest BCUT2D eigenvalue weighted by Gasteiger charge is -2.20. The van der Waals surface area contributed by atoms with Crippen molar-refractivity contribution in [2.75, 3.05) is 0 Å². The van der Waals surface area contributed by atoms with Gasteiger partial charge in [0.1, 0.15) is 5.60 Å². The number of allylic oxidation sites excluding steroid dienone is 1. The van der Waals surface area contributed by atoms with E-state index in [1.807, 2.05) is 30.3 Å². The van der Waals surface area contributed by atoms with Crippen LogP contribution in [-0.4, -0.2) is 22.6 Å². The van der Waals surface area contributed by atoms with Crippen molar-refractivity contribution in [1.82, 2.24) is 0 Å². The third-order valence-corrected chi connectivity index (χ3v) is 2.43. The number of benzene rings is 1. The molecule has 0 fully saturated rings. The van der Waals surface area contributed by atoms with Crippen molar-refractivity contribution in [3.8, 4) is 0 Å². The summed E-state index contributed by atoms with van der Waals surface area (Å²) < 4.78 is 5.22. The Morgan fingerprint density at radius 1 is 1.20 bits per heavy atom. The van der Waals surface area contributed by atoms with Gasteiger partial charge in [-0.2, -0.15) is 0 Å². The summed E-state index contributed by atoms with van der Waals surface area (Å²) in [5.74, 6) is -1.62. The Kier molecular flexibility index (Phi) is 5.50. The molecule has 0 saturated heterocycles. The molecule has 1 rings (SSSR count). The Labute approximate surface area is 119 Å². The van der Waals surface area contributed by atoms with Gasteiger partial charge in [0.2, 0.25) is 0 Å². The van der Waals surface area contributed by atoms with E-state index in [0.29, 0.717) is 6.42 Å². The molecule has 0 unspecified atom stereocenters. The molecule has 0 aromatic heterocycles. The van der Waals surface area contributed by atoms with E-state index in [2.05, 4.69) is 0 Å². The number of carbonyl (C=O) groups excluding carboxylic acids is 1. The number of hydrogen-bond donors (Lipinski definition) is 1. The molecule has 1 N–H and O–H groups in total. The van der Waals surface area contributed by atoms with Gasteiger partial charge >= 0.3 is 11.9 Å². The van der Waals surface area contributed by atoms with Gasteiger partial charge in [0.05, 0.1) is 6.42 Å². The van der Waals surface area contributed by atoms with Crippen molar-refractivity contribution in [2.45, 2.75) is 39.2 Å². The first-order valence-electron chi connectivity index (χ1n) is 6.46. The second-order valence-electron chi connectivity index (χ2n) is 5.49. The predicted octanol–water partition coefficient (Wildman–Crippen LogP) is 2.97. The topological polar surface area (TPSA) is 63.6 Å². The quantitative estimate of drug-likeness (QED) is 0.663. The van der Waals surface area contributed by atoms with Crippen LogP contribution in [0.25, 0.3) is 0 Å². The van der Waals surface area contributed by atoms with Crippen LogP contribution in [0.1, 0.15) is 32.8 Å². The van der Waals surface area contributed by atoms with Gasteiger partial charge < -0.3 is 9.84 Å². The molecule has 0 aliphatic carbocycles. The van der Waals surface area contributed by atoms with E-state index >= 15 is 0 Å². The number of carbonyl (C=O) groups is 2. The van der Waals surface area contributed by atoms with Crippen LogP contribution in [0.15, 0.2) is 42.0 Å². The molecule has 0 bridgehead atoms. The molecule has 0 spiro atoms. The lowest BCUT2D eigenvalue weighted by atomic mass is 10.1. The van der Waals surface area contributed by atoms with E-state index in [0.717, 1.165) is 5.56 Å². The number of ether oxygens (including phenoxy) is 1. The molecule has 0 aliphatic heterocycles. The van der Waals surface area contributed by atoms with Crippen LogP contribution < -0.4 is 0 Å². The third kappa shape index (κ3) is 6.18. The van der Waals surface area contributed by atoms with E-state index < -0.39 is 17.5 Å². The molecule has 0 saturated carbocycles. The van der Waals surface area contributed by atoms with Crippen LogP contribution >= 0.6 is 0 Å². The van der Waals surface area contributed by atoms with Crippen molar-refractivity contribution in [1.29, 1.82) is 0 Å². The van der Waals surface area contributed by atoms with Gasteiger partial charge in [0.25, 0.3) is 0 Å². The number of aliphatic carboxylic acids is 1. The Bertz CT molecular complexity index is 495. The SMILES string of the molecule is CC(C)(C)OC(=O)C(=CCc1ccccc1)CC(=O)O. The Morgan fingerprint density at radius 3 is 2.30 bits per heavy atom. The highest BCUT2D eigenvalue weighted by atomic mass is 16.6. The van der Waals surface area contributed by atoms with E-state index in [4.69, 9.17) is 9.84 Å². The van der Waals surface area contributed by atoms with E-state index in [1.54, 1.807) is 26.8 Å². The minimum absolute atomic E-state index is 0.177. The number of carboxylic acids is 1. The summed E-state index contributed by atoms with van der Waals surface area (Å²) in [6.07, 6.45) is 1.79. The van der Waals surface area contributed by atoms with Crippen molar-refractivity contribution in [3.63, 3.8) is 0 Å². The predicted molar refractivity (Wildman–Crippen MR) is 76.3 cm³/mol. The fraction of sp³-hybridized carbons (Fsp3) is 0.375. The van der Waals surface area contributed by atoms with E-state index in [-0.39, 0.29) is 12.0 Å². The summed E-state index contributed by atoms with van der Waals surface area (Å²) >= 11 is 0. The van der Waals surface area contributed by atoms with Crippen LogP contribution in [0.5, 0.6) is 0 Å². The molecule has 0 heterocycles. The standard InChI is InChI=1S/C16H20O4/c1-16(2,3)20-15(19)13(11-14(17)18)10-9-12-7-5-4-6-8-12/h4-8,10H,9,11H2,1-3H3,(H,17,18). The van der Waals surface area contributed by atoms with E-state index in [9.17, 15) is 9.59 Å². The highest BCUT2D eigenvalue weighted by Crippen LogP contribution is 2.14. The average Bonchev–Trinajstić information content (AvgIpc) is 2.33. The first-order valence-corrected chi connectivity index (χ1v) is 6.46. The number of esters is 1. The summed E-state index contributed by atoms with van der Waals surface area (Å²) in [6, 6.07) is 9.54. The molecule has 1 aromatic rings. The zero-order chi connectivity index (χ0) is 15.2. The van der Waals surface area contributed by atoms with Crippen LogP contribution in [0, 0.1) is 0 Å². The maximum Gasteiger partial charge on any atom is 0.334 e. The Balaban J connectivity index is 2.83. The Hall–Kier alpha value is -2.10. The highest BCUT2D eigenvalue weighted by molar-refractivity contribution is 5.93. The molecule has 0 amide bonds. The molecule has 108 valence electrons. The molecular formula is C16H20O4. The van der Waals surface area contributed by atoms with Gasteiger partial charge in [-0.05, 0) is 32.8 Å². The first kappa shape index (κ1) is 16.0. The normalized spacial score (nSPS) is 12.1. The van der Waals surface area contributed by atoms with Crippen molar-refractivity contribution < 1.29 is 19.4 Å². The number of hydrogen-bond acceptors (Lipinski definition) is 3. The van der Waals surface area contributed by atoms with Gasteiger partial charge in [0, 0.05) is 5.57 Å². The highest BCUT2D eigenvalue weighted by Gasteiger charge is 2.21. The maximum absolute atomic E-state index is 12.0. The van der Waals surface area contributed by atoms with Crippen molar-refractivity contribution in [3.05, 3.63) is 47.5 Å². The molecule has 0 atom stereocenters. The van der Waals surface area contributed by atoms with Gasteiger partial charge in [-0.3, -0.25) is 4.79 Å². The second kappa shape index (κ2) is 6.89. The van der Waals surface area contributed by atoms with Crippen LogP contribution in [-0.2, 0) is 20.7 Å². The zero-order valence-electron chi connectivity index (χ0n) is 12.1. The monoisotopic (exact) mass is 276 g/mol. The number of rotatable bonds is 5. The Morgan fingerprint density at radius 2 is 1.80 bits per heavy atom. The van der Waals surface area contributed by atoms with Crippen LogP contribution in [0.3, 0.4) is 0 Å². The summed E-state index contributed by atoms with van der Waals surface area (Å²) in [5.41, 5.74) is 0.553. The van der Waals surface area contributed by atoms with Gasteiger partial charge in [-0.1, -0.05) is 36.4 Å². The smallest absolute Gasteiger partial charge is 0.334 e. The molecule has 1 aromatic carbocycles. The fourth-order valence-electron chi connectivity index (χ4n) is 1.59. The van der Waals surface area contributed by atoms with Gasteiger partial charge in [-0.15, -0.1) is 0 Å². The maximum atomic E-state index is 12.0. The largest absolute Gasteiger partial charge is 0.481 e. The van der Waals surface area contributed by atoms with Crippen molar-refractivity contribution >= 4 is 11.9 Å². The summed E-state index contributed by atoms with van der Waals surface area (Å²) in [5, 5.41) is 8.88. The van der Waals surface area contributed by atoms with Gasteiger partial charge in [-0.25, -0.2) is 4.79 Å². The summed E-state index contributed by atoms with van der Waals surface area (Å²) in [4.78, 5) is 22.8. The minimum atomic E-state index is -1.05. The minimum Gasteiger partial charge on any atom is -0.481 e. The zero-order valence-corrected chi connectivity index (χ0v) is 12.1. The summed E-state index contributed by atoms with van der Waals surface area (Å²) in [6.45, 7) is 5.25. The molecule has 0 radical (unpaired) electrons. The lowest BCUT2D eigenvalue weighted by molar-refractivity contribution is -0.151. The number of carboxylic acid groups (broad SMARTS) is 1. The van der Waals surface area contributed by atoms with Crippen molar-refractivity contribution in [2.24, 2.45) is 0 Å². The van der Waals surface area contributed by atoms with Crippen LogP contribution in [0.2, 0.25) is 0 Å². The van der Waals surface area contributed by atoms with Crippen LogP contribution in [0.4, 0.5) is 0 Å². The van der Waals surface area contributed by atoms with Gasteiger partial charge in [0.15, 0.2) is 0 Å². The third-order valence-electron chi connectivity index (χ3n) is 2.43. The molecule has 20 heavy (non-hydrogen) atoms. The fourth-order valence-corrected chi connectivity index (χ4v) is 1.59. The molecule has 4 heteroatoms. The lowest BCUT2D eigenvalue weighted by Crippen LogP contribution is -2.25. The van der Waals surface area contributed by atoms with E-state index in [1.165, 1.54) is 0 Å². The average molecular weight is 276 g/mol.